The Kier molecular flexibility index (Phi) is 22.5. The molecule has 0 aliphatic carbocycles. The summed E-state index contributed by atoms with van der Waals surface area (Å²) in [5, 5.41) is 0. The summed E-state index contributed by atoms with van der Waals surface area (Å²) >= 11 is 0. The molecule has 0 unspecified atom stereocenters. The van der Waals surface area contributed by atoms with E-state index in [0.717, 1.165) is 18.2 Å². The third-order valence-corrected chi connectivity index (χ3v) is 16.2. The van der Waals surface area contributed by atoms with Crippen molar-refractivity contribution >= 4 is 43.8 Å². The molecule has 12 nitrogen and oxygen atoms in total. The summed E-state index contributed by atoms with van der Waals surface area (Å²) in [5.41, 5.74) is 0. The fourth-order valence-electron chi connectivity index (χ4n) is 4.48. The maximum absolute atomic E-state index is 14.7. The predicted octanol–water partition coefficient (Wildman–Crippen LogP) is 7.38. The average molecular weight is 869 g/mol. The van der Waals surface area contributed by atoms with Crippen LogP contribution in [0.1, 0.15) is 38.5 Å². The molecule has 0 aromatic rings. The molecule has 0 amide bonds. The van der Waals surface area contributed by atoms with Crippen molar-refractivity contribution in [2.24, 2.45) is 0 Å². The Morgan fingerprint density at radius 3 is 1.36 bits per heavy atom. The average Bonchev–Trinajstić information content (AvgIpc) is 3.01. The number of alkyl halides is 9. The lowest BCUT2D eigenvalue weighted by Gasteiger charge is -2.40. The minimum atomic E-state index is -5.50. The number of hydrogen-bond donors (Lipinski definition) is 0. The summed E-state index contributed by atoms with van der Waals surface area (Å²) in [6, 6.07) is -0.311. The summed E-state index contributed by atoms with van der Waals surface area (Å²) in [4.78, 5) is 34.2. The zero-order valence-corrected chi connectivity index (χ0v) is 34.1. The van der Waals surface area contributed by atoms with Crippen LogP contribution in [0.4, 0.5) is 39.5 Å². The van der Waals surface area contributed by atoms with Gasteiger partial charge in [-0.05, 0) is 39.0 Å². The topological polar surface area (TPSA) is 134 Å². The highest BCUT2D eigenvalue weighted by Crippen LogP contribution is 2.44. The smallest absolute Gasteiger partial charge is 0.460 e. The molecule has 55 heavy (non-hydrogen) atoms. The molecule has 320 valence electrons. The van der Waals surface area contributed by atoms with Crippen LogP contribution in [0.25, 0.3) is 0 Å². The number of ether oxygens (including phenoxy) is 4. The van der Waals surface area contributed by atoms with Gasteiger partial charge in [-0.15, -0.1) is 0 Å². The first-order valence-electron chi connectivity index (χ1n) is 16.6. The maximum atomic E-state index is 14.7. The van der Waals surface area contributed by atoms with E-state index in [1.54, 1.807) is 26.2 Å². The van der Waals surface area contributed by atoms with Gasteiger partial charge >= 0.3 is 50.0 Å². The van der Waals surface area contributed by atoms with Crippen molar-refractivity contribution in [2.75, 3.05) is 46.4 Å². The number of esters is 3. The van der Waals surface area contributed by atoms with Crippen molar-refractivity contribution in [3.63, 3.8) is 0 Å². The van der Waals surface area contributed by atoms with E-state index in [0.29, 0.717) is 0 Å². The van der Waals surface area contributed by atoms with Gasteiger partial charge in [-0.1, -0.05) is 19.7 Å². The fourth-order valence-corrected chi connectivity index (χ4v) is 15.0. The molecule has 0 aliphatic rings. The molecule has 0 saturated heterocycles. The normalized spacial score (nSPS) is 13.3. The van der Waals surface area contributed by atoms with Gasteiger partial charge in [-0.3, -0.25) is 0 Å². The van der Waals surface area contributed by atoms with Crippen LogP contribution in [-0.4, -0.2) is 114 Å². The summed E-state index contributed by atoms with van der Waals surface area (Å²) in [6.45, 7) is 14.2. The van der Waals surface area contributed by atoms with Crippen molar-refractivity contribution in [3.05, 3.63) is 38.0 Å². The van der Waals surface area contributed by atoms with E-state index in [1.807, 2.05) is 0 Å². The monoisotopic (exact) mass is 868 g/mol. The fraction of sp³-hybridized carbons (Fsp3) is 0.710. The zero-order chi connectivity index (χ0) is 42.6. The maximum Gasteiger partial charge on any atom is 0.484 e. The summed E-state index contributed by atoms with van der Waals surface area (Å²) in [5.74, 6) is -16.3. The molecule has 0 N–H and O–H groups in total. The van der Waals surface area contributed by atoms with Gasteiger partial charge in [0, 0.05) is 30.7 Å². The molecule has 0 bridgehead atoms. The van der Waals surface area contributed by atoms with E-state index in [1.165, 1.54) is 0 Å². The van der Waals surface area contributed by atoms with E-state index >= 15 is 0 Å². The minimum absolute atomic E-state index is 0.178. The lowest BCUT2D eigenvalue weighted by molar-refractivity contribution is -0.214. The second-order valence-electron chi connectivity index (χ2n) is 12.6. The van der Waals surface area contributed by atoms with Gasteiger partial charge in [0.2, 0.25) is 0 Å². The number of carbonyl (C=O) groups excluding carboxylic acids is 3. The molecule has 0 radical (unpaired) electrons. The second-order valence-corrected chi connectivity index (χ2v) is 22.6. The van der Waals surface area contributed by atoms with Gasteiger partial charge in [-0.2, -0.15) is 13.2 Å². The van der Waals surface area contributed by atoms with Gasteiger partial charge in [0.25, 0.3) is 17.8 Å². The lowest BCUT2D eigenvalue weighted by Crippen LogP contribution is -2.60. The molecule has 0 aliphatic heterocycles. The van der Waals surface area contributed by atoms with Gasteiger partial charge in [0.1, 0.15) is 33.0 Å². The van der Waals surface area contributed by atoms with E-state index in [-0.39, 0.29) is 52.1 Å². The molecule has 0 aromatic carbocycles. The standard InChI is InChI=1S/C31H49F9O12Si3/c1-8-25(41)45-15-14-44-24-50-55(51-53(4,5)48-18-16-46-26(42)9-2,52-54(6,7)49-19-17-47-27(43)10-3)20-12-11-13-28(32,33)21-29(34,35)22-30(36,37)23-31(38,39)40/h8-10H,1-3,11-24H2,4-7H3. The molecular formula is C31H49F9O12Si3. The van der Waals surface area contributed by atoms with Crippen LogP contribution in [0.15, 0.2) is 38.0 Å². The highest BCUT2D eigenvalue weighted by atomic mass is 28.5. The summed E-state index contributed by atoms with van der Waals surface area (Å²) in [6.07, 6.45) is -12.9. The van der Waals surface area contributed by atoms with E-state index in [4.69, 9.17) is 40.5 Å². The van der Waals surface area contributed by atoms with Crippen molar-refractivity contribution < 1.29 is 94.4 Å². The van der Waals surface area contributed by atoms with Gasteiger partial charge < -0.3 is 40.5 Å². The van der Waals surface area contributed by atoms with Gasteiger partial charge in [-0.25, -0.2) is 40.7 Å². The largest absolute Gasteiger partial charge is 0.484 e. The van der Waals surface area contributed by atoms with Gasteiger partial charge in [0.05, 0.1) is 32.7 Å². The first-order valence-corrected chi connectivity index (χ1v) is 24.1. The minimum Gasteiger partial charge on any atom is -0.460 e. The van der Waals surface area contributed by atoms with Crippen LogP contribution in [0.5, 0.6) is 0 Å². The molecule has 0 saturated carbocycles. The highest BCUT2D eigenvalue weighted by molar-refractivity contribution is 6.82. The molecule has 0 rings (SSSR count). The van der Waals surface area contributed by atoms with Crippen LogP contribution < -0.4 is 0 Å². The Labute approximate surface area is 317 Å². The van der Waals surface area contributed by atoms with Gasteiger partial charge in [0.15, 0.2) is 0 Å². The van der Waals surface area contributed by atoms with Crippen molar-refractivity contribution in [3.8, 4) is 0 Å². The summed E-state index contributed by atoms with van der Waals surface area (Å²) in [7, 11) is -11.0. The molecule has 0 spiro atoms. The van der Waals surface area contributed by atoms with E-state index < -0.39 is 107 Å². The third-order valence-electron chi connectivity index (χ3n) is 6.46. The van der Waals surface area contributed by atoms with Crippen molar-refractivity contribution in [1.29, 1.82) is 0 Å². The molecule has 0 fully saturated rings. The molecule has 0 heterocycles. The van der Waals surface area contributed by atoms with Crippen LogP contribution in [0.3, 0.4) is 0 Å². The van der Waals surface area contributed by atoms with Crippen LogP contribution >= 0.6 is 0 Å². The first kappa shape index (κ1) is 52.4. The molecular weight excluding hydrogens is 820 g/mol. The third kappa shape index (κ3) is 26.8. The van der Waals surface area contributed by atoms with Crippen molar-refractivity contribution in [2.45, 2.75) is 94.7 Å². The Bertz CT molecular complexity index is 1200. The molecule has 24 heteroatoms. The number of rotatable bonds is 31. The van der Waals surface area contributed by atoms with Crippen LogP contribution in [-0.2, 0) is 54.8 Å². The summed E-state index contributed by atoms with van der Waals surface area (Å²) < 4.78 is 173. The van der Waals surface area contributed by atoms with E-state index in [2.05, 4.69) is 19.7 Å². The number of halogens is 9. The predicted molar refractivity (Wildman–Crippen MR) is 184 cm³/mol. The van der Waals surface area contributed by atoms with Crippen molar-refractivity contribution in [1.82, 2.24) is 0 Å². The Morgan fingerprint density at radius 2 is 0.945 bits per heavy atom. The zero-order valence-electron chi connectivity index (χ0n) is 31.1. The Hall–Kier alpha value is -2.59. The number of carbonyl (C=O) groups is 3. The number of hydrogen-bond acceptors (Lipinski definition) is 12. The Balaban J connectivity index is 6.19. The van der Waals surface area contributed by atoms with Crippen LogP contribution in [0.2, 0.25) is 32.2 Å². The molecule has 0 aromatic heterocycles. The van der Waals surface area contributed by atoms with Crippen LogP contribution in [0, 0.1) is 0 Å². The molecule has 0 atom stereocenters. The quantitative estimate of drug-likeness (QED) is 0.0131. The number of unbranched alkanes of at least 4 members (excludes halogenated alkanes) is 1. The van der Waals surface area contributed by atoms with E-state index in [9.17, 15) is 53.9 Å². The highest BCUT2D eigenvalue weighted by Gasteiger charge is 2.54. The second kappa shape index (κ2) is 23.6. The Morgan fingerprint density at radius 1 is 0.545 bits per heavy atom. The lowest BCUT2D eigenvalue weighted by atomic mass is 9.98. The first-order chi connectivity index (χ1) is 25.1. The SMILES string of the molecule is C=CC(=O)OCCOCO[Si](CCCCC(F)(F)CC(F)(F)CC(F)(F)CC(F)(F)F)(O[Si](C)(C)OCCOC(=O)C=C)O[Si](C)(C)OCCOC(=O)C=C.